The molecule has 0 spiro atoms. The highest BCUT2D eigenvalue weighted by Gasteiger charge is 2.13. The van der Waals surface area contributed by atoms with E-state index in [1.165, 1.54) is 52.0 Å². The molecule has 0 bridgehead atoms. The van der Waals surface area contributed by atoms with Crippen LogP contribution in [0.25, 0.3) is 0 Å². The summed E-state index contributed by atoms with van der Waals surface area (Å²) in [7, 11) is 6.51. The van der Waals surface area contributed by atoms with Crippen molar-refractivity contribution in [3.05, 3.63) is 0 Å². The zero-order valence-corrected chi connectivity index (χ0v) is 10.6. The summed E-state index contributed by atoms with van der Waals surface area (Å²) in [6.07, 6.45) is 4.15. The molecule has 1 rings (SSSR count). The highest BCUT2D eigenvalue weighted by molar-refractivity contribution is 4.70. The van der Waals surface area contributed by atoms with E-state index in [2.05, 4.69) is 36.3 Å². The number of nitrogens with one attached hydrogen (secondary N) is 1. The highest BCUT2D eigenvalue weighted by atomic mass is 15.1. The molecule has 1 atom stereocenters. The van der Waals surface area contributed by atoms with Crippen LogP contribution in [0.2, 0.25) is 0 Å². The maximum Gasteiger partial charge on any atom is 0.0106 e. The van der Waals surface area contributed by atoms with Gasteiger partial charge in [-0.2, -0.15) is 0 Å². The molecule has 0 saturated carbocycles. The van der Waals surface area contributed by atoms with E-state index in [4.69, 9.17) is 0 Å². The van der Waals surface area contributed by atoms with Gasteiger partial charge in [0.15, 0.2) is 0 Å². The molecule has 3 nitrogen and oxygen atoms in total. The minimum absolute atomic E-state index is 0.917. The van der Waals surface area contributed by atoms with Crippen LogP contribution < -0.4 is 5.32 Å². The molecule has 15 heavy (non-hydrogen) atoms. The zero-order valence-electron chi connectivity index (χ0n) is 10.6. The fourth-order valence-electron chi connectivity index (χ4n) is 2.06. The summed E-state index contributed by atoms with van der Waals surface area (Å²) < 4.78 is 0. The van der Waals surface area contributed by atoms with E-state index in [0.717, 1.165) is 5.92 Å². The number of hydrogen-bond donors (Lipinski definition) is 1. The molecule has 1 saturated heterocycles. The van der Waals surface area contributed by atoms with Gasteiger partial charge in [-0.25, -0.2) is 0 Å². The van der Waals surface area contributed by atoms with E-state index in [9.17, 15) is 0 Å². The van der Waals surface area contributed by atoms with Crippen LogP contribution in [0.3, 0.4) is 0 Å². The first kappa shape index (κ1) is 12.9. The second-order valence-electron chi connectivity index (χ2n) is 5.11. The number of piperidine rings is 1. The van der Waals surface area contributed by atoms with Crippen molar-refractivity contribution in [3.63, 3.8) is 0 Å². The van der Waals surface area contributed by atoms with Crippen molar-refractivity contribution < 1.29 is 0 Å². The first-order chi connectivity index (χ1) is 7.18. The molecule has 90 valence electrons. The van der Waals surface area contributed by atoms with Gasteiger partial charge < -0.3 is 15.1 Å². The lowest BCUT2D eigenvalue weighted by Gasteiger charge is -2.25. The molecule has 1 aliphatic rings. The zero-order chi connectivity index (χ0) is 11.1. The van der Waals surface area contributed by atoms with Crippen LogP contribution in [-0.2, 0) is 0 Å². The third-order valence-corrected chi connectivity index (χ3v) is 3.25. The van der Waals surface area contributed by atoms with Gasteiger partial charge in [0.1, 0.15) is 0 Å². The fourth-order valence-corrected chi connectivity index (χ4v) is 2.06. The quantitative estimate of drug-likeness (QED) is 0.706. The van der Waals surface area contributed by atoms with Gasteiger partial charge in [0.2, 0.25) is 0 Å². The highest BCUT2D eigenvalue weighted by Crippen LogP contribution is 2.13. The Balaban J connectivity index is 2.02. The number of hydrogen-bond acceptors (Lipinski definition) is 3. The van der Waals surface area contributed by atoms with Crippen molar-refractivity contribution in [3.8, 4) is 0 Å². The van der Waals surface area contributed by atoms with E-state index in [1.807, 2.05) is 0 Å². The van der Waals surface area contributed by atoms with Gasteiger partial charge >= 0.3 is 0 Å². The molecule has 1 heterocycles. The molecular formula is C12H27N3. The largest absolute Gasteiger partial charge is 0.316 e. The molecule has 1 unspecified atom stereocenters. The molecular weight excluding hydrogens is 186 g/mol. The number of rotatable bonds is 6. The number of nitrogens with zero attached hydrogens (tertiary/aromatic N) is 2. The Morgan fingerprint density at radius 3 is 2.53 bits per heavy atom. The second kappa shape index (κ2) is 7.20. The minimum Gasteiger partial charge on any atom is -0.316 e. The first-order valence-corrected chi connectivity index (χ1v) is 6.22. The maximum absolute atomic E-state index is 3.48. The molecule has 0 aliphatic carbocycles. The lowest BCUT2D eigenvalue weighted by Crippen LogP contribution is -2.34. The van der Waals surface area contributed by atoms with Crippen LogP contribution in [0.15, 0.2) is 0 Å². The van der Waals surface area contributed by atoms with Crippen molar-refractivity contribution in [1.82, 2.24) is 15.1 Å². The SMILES string of the molecule is CN(C)CCN(C)CCC1CCCNC1. The van der Waals surface area contributed by atoms with E-state index in [-0.39, 0.29) is 0 Å². The summed E-state index contributed by atoms with van der Waals surface area (Å²) in [5.74, 6) is 0.917. The maximum atomic E-state index is 3.48. The lowest BCUT2D eigenvalue weighted by atomic mass is 9.96. The monoisotopic (exact) mass is 213 g/mol. The normalized spacial score (nSPS) is 22.6. The van der Waals surface area contributed by atoms with Gasteiger partial charge in [-0.3, -0.25) is 0 Å². The predicted octanol–water partition coefficient (Wildman–Crippen LogP) is 0.869. The van der Waals surface area contributed by atoms with Gasteiger partial charge in [0.25, 0.3) is 0 Å². The van der Waals surface area contributed by atoms with Gasteiger partial charge in [-0.05, 0) is 66.0 Å². The van der Waals surface area contributed by atoms with Crippen LogP contribution in [0.1, 0.15) is 19.3 Å². The Bertz CT molecular complexity index is 153. The van der Waals surface area contributed by atoms with E-state index >= 15 is 0 Å². The Morgan fingerprint density at radius 1 is 1.13 bits per heavy atom. The number of likely N-dealkylation sites (N-methyl/N-ethyl adjacent to an activating group) is 2. The molecule has 1 aliphatic heterocycles. The summed E-state index contributed by atoms with van der Waals surface area (Å²) in [6, 6.07) is 0. The molecule has 0 radical (unpaired) electrons. The minimum atomic E-state index is 0.917. The third-order valence-electron chi connectivity index (χ3n) is 3.25. The summed E-state index contributed by atoms with van der Waals surface area (Å²) in [6.45, 7) is 6.07. The van der Waals surface area contributed by atoms with Crippen molar-refractivity contribution in [2.24, 2.45) is 5.92 Å². The third kappa shape index (κ3) is 6.13. The molecule has 0 aromatic heterocycles. The van der Waals surface area contributed by atoms with E-state index in [1.54, 1.807) is 0 Å². The molecule has 0 amide bonds. The topological polar surface area (TPSA) is 18.5 Å². The average molecular weight is 213 g/mol. The standard InChI is InChI=1S/C12H27N3/c1-14(2)9-10-15(3)8-6-12-5-4-7-13-11-12/h12-13H,4-11H2,1-3H3. The molecule has 1 N–H and O–H groups in total. The van der Waals surface area contributed by atoms with Gasteiger partial charge in [-0.15, -0.1) is 0 Å². The van der Waals surface area contributed by atoms with Gasteiger partial charge in [0, 0.05) is 13.1 Å². The Hall–Kier alpha value is -0.120. The van der Waals surface area contributed by atoms with Crippen LogP contribution in [0.5, 0.6) is 0 Å². The van der Waals surface area contributed by atoms with Gasteiger partial charge in [0.05, 0.1) is 0 Å². The molecule has 0 aromatic rings. The summed E-state index contributed by atoms with van der Waals surface area (Å²) in [5, 5.41) is 3.48. The Morgan fingerprint density at radius 2 is 1.93 bits per heavy atom. The van der Waals surface area contributed by atoms with Crippen molar-refractivity contribution >= 4 is 0 Å². The molecule has 0 aromatic carbocycles. The second-order valence-corrected chi connectivity index (χ2v) is 5.11. The lowest BCUT2D eigenvalue weighted by molar-refractivity contribution is 0.249. The molecule has 1 fully saturated rings. The first-order valence-electron chi connectivity index (χ1n) is 6.22. The van der Waals surface area contributed by atoms with Crippen molar-refractivity contribution in [2.45, 2.75) is 19.3 Å². The summed E-state index contributed by atoms with van der Waals surface area (Å²) >= 11 is 0. The van der Waals surface area contributed by atoms with Crippen LogP contribution in [0.4, 0.5) is 0 Å². The smallest absolute Gasteiger partial charge is 0.0106 e. The van der Waals surface area contributed by atoms with Crippen LogP contribution >= 0.6 is 0 Å². The van der Waals surface area contributed by atoms with Crippen molar-refractivity contribution in [2.75, 3.05) is 53.9 Å². The van der Waals surface area contributed by atoms with Crippen LogP contribution in [-0.4, -0.2) is 63.7 Å². The fraction of sp³-hybridized carbons (Fsp3) is 1.00. The Labute approximate surface area is 94.8 Å². The van der Waals surface area contributed by atoms with E-state index in [0.29, 0.717) is 0 Å². The van der Waals surface area contributed by atoms with Crippen molar-refractivity contribution in [1.29, 1.82) is 0 Å². The predicted molar refractivity (Wildman–Crippen MR) is 66.3 cm³/mol. The molecule has 3 heteroatoms. The van der Waals surface area contributed by atoms with E-state index < -0.39 is 0 Å². The van der Waals surface area contributed by atoms with Crippen LogP contribution in [0, 0.1) is 5.92 Å². The summed E-state index contributed by atoms with van der Waals surface area (Å²) in [5.41, 5.74) is 0. The average Bonchev–Trinajstić information content (AvgIpc) is 2.25. The van der Waals surface area contributed by atoms with Gasteiger partial charge in [-0.1, -0.05) is 0 Å². The summed E-state index contributed by atoms with van der Waals surface area (Å²) in [4.78, 5) is 4.70. The Kier molecular flexibility index (Phi) is 6.22.